The Balaban J connectivity index is 3.88. The lowest BCUT2D eigenvalue weighted by molar-refractivity contribution is -0.142. The van der Waals surface area contributed by atoms with Gasteiger partial charge in [0.25, 0.3) is 0 Å². The van der Waals surface area contributed by atoms with E-state index in [0.29, 0.717) is 5.71 Å². The van der Waals surface area contributed by atoms with Crippen LogP contribution in [0.5, 0.6) is 0 Å². The van der Waals surface area contributed by atoms with Crippen molar-refractivity contribution in [3.8, 4) is 0 Å². The zero-order valence-corrected chi connectivity index (χ0v) is 5.89. The van der Waals surface area contributed by atoms with Gasteiger partial charge >= 0.3 is 5.97 Å². The van der Waals surface area contributed by atoms with Gasteiger partial charge in [-0.3, -0.25) is 4.79 Å². The normalized spacial score (nSPS) is 12.3. The maximum absolute atomic E-state index is 10.6. The fraction of sp³-hybridized carbons (Fsp3) is 0.667. The Morgan fingerprint density at radius 3 is 2.22 bits per heavy atom. The molecule has 0 saturated heterocycles. The fourth-order valence-electron chi connectivity index (χ4n) is 0.354. The molecule has 0 fully saturated rings. The zero-order valence-electron chi connectivity index (χ0n) is 5.89. The first-order valence-electron chi connectivity index (χ1n) is 2.72. The highest BCUT2D eigenvalue weighted by molar-refractivity contribution is 5.98. The van der Waals surface area contributed by atoms with Crippen molar-refractivity contribution in [2.75, 3.05) is 7.11 Å². The standard InChI is InChI=1S/C6H11NO2/c1-4(5(2)7)6(8)9-3/h4,7H,1-3H3. The number of hydrogen-bond donors (Lipinski definition) is 1. The van der Waals surface area contributed by atoms with Crippen molar-refractivity contribution in [3.05, 3.63) is 0 Å². The maximum Gasteiger partial charge on any atom is 0.314 e. The summed E-state index contributed by atoms with van der Waals surface area (Å²) < 4.78 is 4.39. The van der Waals surface area contributed by atoms with Crippen molar-refractivity contribution < 1.29 is 9.53 Å². The van der Waals surface area contributed by atoms with Crippen LogP contribution in [0, 0.1) is 11.3 Å². The zero-order chi connectivity index (χ0) is 7.44. The third kappa shape index (κ3) is 2.26. The van der Waals surface area contributed by atoms with Crippen LogP contribution in [0.25, 0.3) is 0 Å². The van der Waals surface area contributed by atoms with E-state index in [4.69, 9.17) is 5.41 Å². The summed E-state index contributed by atoms with van der Waals surface area (Å²) in [6.45, 7) is 3.23. The minimum Gasteiger partial charge on any atom is -0.469 e. The van der Waals surface area contributed by atoms with Crippen molar-refractivity contribution >= 4 is 11.7 Å². The van der Waals surface area contributed by atoms with Gasteiger partial charge < -0.3 is 10.1 Å². The van der Waals surface area contributed by atoms with Crippen LogP contribution in [0.1, 0.15) is 13.8 Å². The Morgan fingerprint density at radius 2 is 2.11 bits per heavy atom. The van der Waals surface area contributed by atoms with Gasteiger partial charge in [-0.2, -0.15) is 0 Å². The quantitative estimate of drug-likeness (QED) is 0.443. The third-order valence-corrected chi connectivity index (χ3v) is 1.20. The second-order valence-electron chi connectivity index (χ2n) is 1.93. The first-order valence-corrected chi connectivity index (χ1v) is 2.72. The number of rotatable bonds is 2. The monoisotopic (exact) mass is 129 g/mol. The molecule has 0 aromatic rings. The molecule has 1 unspecified atom stereocenters. The number of carbonyl (C=O) groups excluding carboxylic acids is 1. The number of carbonyl (C=O) groups is 1. The van der Waals surface area contributed by atoms with Gasteiger partial charge in [-0.1, -0.05) is 0 Å². The maximum atomic E-state index is 10.6. The summed E-state index contributed by atoms with van der Waals surface area (Å²) in [5, 5.41) is 7.03. The van der Waals surface area contributed by atoms with Crippen LogP contribution in [0.3, 0.4) is 0 Å². The number of nitrogens with one attached hydrogen (secondary N) is 1. The van der Waals surface area contributed by atoms with Crippen molar-refractivity contribution in [1.29, 1.82) is 5.41 Å². The number of esters is 1. The molecule has 0 aliphatic rings. The highest BCUT2D eigenvalue weighted by atomic mass is 16.5. The molecule has 0 rings (SSSR count). The van der Waals surface area contributed by atoms with Crippen molar-refractivity contribution in [3.63, 3.8) is 0 Å². The molecule has 0 aromatic carbocycles. The van der Waals surface area contributed by atoms with Crippen LogP contribution in [0.2, 0.25) is 0 Å². The Kier molecular flexibility index (Phi) is 2.91. The molecule has 0 spiro atoms. The van der Waals surface area contributed by atoms with Crippen molar-refractivity contribution in [1.82, 2.24) is 0 Å². The summed E-state index contributed by atoms with van der Waals surface area (Å²) in [5.41, 5.74) is 0.335. The number of hydrogen-bond acceptors (Lipinski definition) is 3. The van der Waals surface area contributed by atoms with E-state index in [2.05, 4.69) is 4.74 Å². The molecule has 0 aliphatic carbocycles. The van der Waals surface area contributed by atoms with Gasteiger partial charge in [-0.25, -0.2) is 0 Å². The second-order valence-corrected chi connectivity index (χ2v) is 1.93. The van der Waals surface area contributed by atoms with E-state index >= 15 is 0 Å². The molecule has 3 nitrogen and oxygen atoms in total. The molecular formula is C6H11NO2. The van der Waals surface area contributed by atoms with Crippen molar-refractivity contribution in [2.45, 2.75) is 13.8 Å². The predicted molar refractivity (Wildman–Crippen MR) is 34.6 cm³/mol. The summed E-state index contributed by atoms with van der Waals surface area (Å²) in [4.78, 5) is 10.6. The molecule has 0 saturated carbocycles. The highest BCUT2D eigenvalue weighted by Gasteiger charge is 2.13. The van der Waals surface area contributed by atoms with E-state index in [1.165, 1.54) is 7.11 Å². The first-order chi connectivity index (χ1) is 4.09. The second kappa shape index (κ2) is 3.22. The third-order valence-electron chi connectivity index (χ3n) is 1.20. The minimum atomic E-state index is -0.394. The average Bonchev–Trinajstić information content (AvgIpc) is 1.84. The van der Waals surface area contributed by atoms with Gasteiger partial charge in [0, 0.05) is 5.71 Å². The van der Waals surface area contributed by atoms with Crippen LogP contribution < -0.4 is 0 Å². The van der Waals surface area contributed by atoms with E-state index < -0.39 is 5.92 Å². The average molecular weight is 129 g/mol. The molecule has 1 atom stereocenters. The van der Waals surface area contributed by atoms with Crippen LogP contribution in [-0.4, -0.2) is 18.8 Å². The Bertz CT molecular complexity index is 131. The lowest BCUT2D eigenvalue weighted by atomic mass is 10.1. The van der Waals surface area contributed by atoms with E-state index in [1.54, 1.807) is 13.8 Å². The summed E-state index contributed by atoms with van der Waals surface area (Å²) in [5.74, 6) is -0.738. The molecule has 0 bridgehead atoms. The van der Waals surface area contributed by atoms with Crippen molar-refractivity contribution in [2.24, 2.45) is 5.92 Å². The summed E-state index contributed by atoms with van der Waals surface area (Å²) in [6, 6.07) is 0. The summed E-state index contributed by atoms with van der Waals surface area (Å²) >= 11 is 0. The number of methoxy groups -OCH3 is 1. The van der Waals surface area contributed by atoms with Gasteiger partial charge in [0.15, 0.2) is 0 Å². The summed E-state index contributed by atoms with van der Waals surface area (Å²) in [7, 11) is 1.32. The molecule has 1 N–H and O–H groups in total. The van der Waals surface area contributed by atoms with Crippen LogP contribution in [-0.2, 0) is 9.53 Å². The lowest BCUT2D eigenvalue weighted by Crippen LogP contribution is -2.18. The molecule has 0 aliphatic heterocycles. The summed E-state index contributed by atoms with van der Waals surface area (Å²) in [6.07, 6.45) is 0. The van der Waals surface area contributed by atoms with Crippen LogP contribution in [0.15, 0.2) is 0 Å². The van der Waals surface area contributed by atoms with Gasteiger partial charge in [0.05, 0.1) is 13.0 Å². The van der Waals surface area contributed by atoms with E-state index in [0.717, 1.165) is 0 Å². The molecule has 0 aromatic heterocycles. The van der Waals surface area contributed by atoms with E-state index in [-0.39, 0.29) is 5.97 Å². The van der Waals surface area contributed by atoms with Gasteiger partial charge in [0.1, 0.15) is 0 Å². The fourth-order valence-corrected chi connectivity index (χ4v) is 0.354. The van der Waals surface area contributed by atoms with Gasteiger partial charge in [-0.15, -0.1) is 0 Å². The Morgan fingerprint density at radius 1 is 1.67 bits per heavy atom. The molecule has 3 heteroatoms. The van der Waals surface area contributed by atoms with Gasteiger partial charge in [-0.05, 0) is 13.8 Å². The van der Waals surface area contributed by atoms with Crippen LogP contribution >= 0.6 is 0 Å². The van der Waals surface area contributed by atoms with E-state index in [1.807, 2.05) is 0 Å². The largest absolute Gasteiger partial charge is 0.469 e. The molecule has 0 amide bonds. The lowest BCUT2D eigenvalue weighted by Gasteiger charge is -2.04. The molecule has 0 heterocycles. The predicted octanol–water partition coefficient (Wildman–Crippen LogP) is 0.835. The minimum absolute atomic E-state index is 0.335. The first kappa shape index (κ1) is 8.14. The van der Waals surface area contributed by atoms with E-state index in [9.17, 15) is 4.79 Å². The Hall–Kier alpha value is -0.860. The highest BCUT2D eigenvalue weighted by Crippen LogP contribution is 1.97. The molecule has 9 heavy (non-hydrogen) atoms. The molecule has 52 valence electrons. The van der Waals surface area contributed by atoms with Gasteiger partial charge in [0.2, 0.25) is 0 Å². The molecule has 0 radical (unpaired) electrons. The topological polar surface area (TPSA) is 50.2 Å². The SMILES string of the molecule is COC(=O)C(C)C(C)=N. The molecular weight excluding hydrogens is 118 g/mol. The number of ether oxygens (including phenoxy) is 1. The smallest absolute Gasteiger partial charge is 0.314 e. The van der Waals surface area contributed by atoms with Crippen LogP contribution in [0.4, 0.5) is 0 Å². The Labute approximate surface area is 54.5 Å².